The van der Waals surface area contributed by atoms with Crippen molar-refractivity contribution < 1.29 is 0 Å². The number of nitrogens with zero attached hydrogens (tertiary/aromatic N) is 5. The zero-order valence-corrected chi connectivity index (χ0v) is 11.8. The molecule has 1 N–H and O–H groups in total. The summed E-state index contributed by atoms with van der Waals surface area (Å²) in [4.78, 5) is 8.40. The lowest BCUT2D eigenvalue weighted by molar-refractivity contribution is 0.659. The van der Waals surface area contributed by atoms with E-state index in [1.165, 1.54) is 0 Å². The van der Waals surface area contributed by atoms with Crippen LogP contribution in [0.25, 0.3) is 5.65 Å². The molecular weight excluding hydrogens is 308 g/mol. The Balaban J connectivity index is 1.56. The van der Waals surface area contributed by atoms with E-state index < -0.39 is 0 Å². The highest BCUT2D eigenvalue weighted by Gasteiger charge is 2.02. The van der Waals surface area contributed by atoms with E-state index in [0.29, 0.717) is 5.95 Å². The molecule has 98 valence electrons. The molecule has 0 unspecified atom stereocenters. The lowest BCUT2D eigenvalue weighted by atomic mass is 10.4. The molecule has 3 rings (SSSR count). The van der Waals surface area contributed by atoms with E-state index in [9.17, 15) is 0 Å². The maximum atomic E-state index is 4.39. The molecule has 19 heavy (non-hydrogen) atoms. The van der Waals surface area contributed by atoms with Gasteiger partial charge in [-0.05, 0) is 34.5 Å². The molecule has 0 aromatic carbocycles. The summed E-state index contributed by atoms with van der Waals surface area (Å²) < 4.78 is 4.79. The number of aromatic nitrogens is 5. The summed E-state index contributed by atoms with van der Waals surface area (Å²) >= 11 is 3.41. The quantitative estimate of drug-likeness (QED) is 0.732. The Kier molecular flexibility index (Phi) is 3.45. The van der Waals surface area contributed by atoms with Crippen LogP contribution in [0.3, 0.4) is 0 Å². The van der Waals surface area contributed by atoms with Gasteiger partial charge in [-0.1, -0.05) is 0 Å². The van der Waals surface area contributed by atoms with Crippen LogP contribution in [-0.4, -0.2) is 30.7 Å². The Bertz CT molecular complexity index is 660. The molecule has 0 bridgehead atoms. The van der Waals surface area contributed by atoms with Crippen molar-refractivity contribution in [2.24, 2.45) is 0 Å². The Morgan fingerprint density at radius 1 is 1.32 bits per heavy atom. The van der Waals surface area contributed by atoms with E-state index in [-0.39, 0.29) is 0 Å². The van der Waals surface area contributed by atoms with E-state index in [2.05, 4.69) is 40.9 Å². The molecule has 0 fully saturated rings. The van der Waals surface area contributed by atoms with E-state index >= 15 is 0 Å². The minimum Gasteiger partial charge on any atom is -0.353 e. The fourth-order valence-corrected chi connectivity index (χ4v) is 2.14. The van der Waals surface area contributed by atoms with Gasteiger partial charge in [-0.15, -0.1) is 5.10 Å². The SMILES string of the molecule is Brc1ccc2nc(NCCCn3ccnc3)nn2c1. The largest absolute Gasteiger partial charge is 0.353 e. The number of aryl methyl sites for hydroxylation is 1. The zero-order chi connectivity index (χ0) is 13.1. The fourth-order valence-electron chi connectivity index (χ4n) is 1.81. The Morgan fingerprint density at radius 2 is 2.26 bits per heavy atom. The van der Waals surface area contributed by atoms with Crippen LogP contribution in [0.4, 0.5) is 5.95 Å². The molecule has 0 spiro atoms. The second-order valence-electron chi connectivity index (χ2n) is 4.17. The van der Waals surface area contributed by atoms with Gasteiger partial charge in [-0.3, -0.25) is 0 Å². The minimum absolute atomic E-state index is 0.656. The van der Waals surface area contributed by atoms with Crippen LogP contribution < -0.4 is 5.32 Å². The summed E-state index contributed by atoms with van der Waals surface area (Å²) in [6.07, 6.45) is 8.45. The maximum Gasteiger partial charge on any atom is 0.243 e. The first-order valence-corrected chi connectivity index (χ1v) is 6.82. The summed E-state index contributed by atoms with van der Waals surface area (Å²) in [7, 11) is 0. The molecule has 3 aromatic heterocycles. The van der Waals surface area contributed by atoms with Crippen molar-refractivity contribution in [3.8, 4) is 0 Å². The van der Waals surface area contributed by atoms with Crippen molar-refractivity contribution >= 4 is 27.5 Å². The second-order valence-corrected chi connectivity index (χ2v) is 5.08. The van der Waals surface area contributed by atoms with Crippen molar-refractivity contribution in [2.45, 2.75) is 13.0 Å². The summed E-state index contributed by atoms with van der Waals surface area (Å²) in [6, 6.07) is 3.88. The van der Waals surface area contributed by atoms with Crippen LogP contribution in [0.2, 0.25) is 0 Å². The Morgan fingerprint density at radius 3 is 3.11 bits per heavy atom. The van der Waals surface area contributed by atoms with Gasteiger partial charge in [0.1, 0.15) is 0 Å². The first-order valence-electron chi connectivity index (χ1n) is 6.03. The number of hydrogen-bond donors (Lipinski definition) is 1. The molecular formula is C12H13BrN6. The lowest BCUT2D eigenvalue weighted by Crippen LogP contribution is -2.06. The van der Waals surface area contributed by atoms with Gasteiger partial charge in [0.05, 0.1) is 6.33 Å². The number of fused-ring (bicyclic) bond motifs is 1. The third-order valence-corrected chi connectivity index (χ3v) is 3.20. The highest BCUT2D eigenvalue weighted by atomic mass is 79.9. The number of halogens is 1. The first kappa shape index (κ1) is 12.2. The van der Waals surface area contributed by atoms with Gasteiger partial charge in [0.15, 0.2) is 5.65 Å². The summed E-state index contributed by atoms with van der Waals surface area (Å²) in [5, 5.41) is 7.58. The smallest absolute Gasteiger partial charge is 0.243 e. The van der Waals surface area contributed by atoms with Crippen molar-refractivity contribution in [1.82, 2.24) is 24.1 Å². The van der Waals surface area contributed by atoms with E-state index in [1.807, 2.05) is 30.9 Å². The zero-order valence-electron chi connectivity index (χ0n) is 10.2. The highest BCUT2D eigenvalue weighted by molar-refractivity contribution is 9.10. The van der Waals surface area contributed by atoms with Crippen molar-refractivity contribution in [3.63, 3.8) is 0 Å². The monoisotopic (exact) mass is 320 g/mol. The average molecular weight is 321 g/mol. The molecule has 0 aliphatic heterocycles. The average Bonchev–Trinajstić information content (AvgIpc) is 3.02. The fraction of sp³-hybridized carbons (Fsp3) is 0.250. The molecule has 6 nitrogen and oxygen atoms in total. The predicted octanol–water partition coefficient (Wildman–Crippen LogP) is 2.19. The predicted molar refractivity (Wildman–Crippen MR) is 76.0 cm³/mol. The maximum absolute atomic E-state index is 4.39. The first-order chi connectivity index (χ1) is 9.31. The topological polar surface area (TPSA) is 60.0 Å². The molecule has 3 aromatic rings. The molecule has 0 radical (unpaired) electrons. The Hall–Kier alpha value is -1.89. The van der Waals surface area contributed by atoms with Crippen molar-refractivity contribution in [2.75, 3.05) is 11.9 Å². The molecule has 7 heteroatoms. The number of nitrogens with one attached hydrogen (secondary N) is 1. The molecule has 0 saturated heterocycles. The minimum atomic E-state index is 0.656. The number of anilines is 1. The van der Waals surface area contributed by atoms with Crippen molar-refractivity contribution in [1.29, 1.82) is 0 Å². The molecule has 0 saturated carbocycles. The van der Waals surface area contributed by atoms with Gasteiger partial charge in [-0.25, -0.2) is 9.50 Å². The summed E-state index contributed by atoms with van der Waals surface area (Å²) in [6.45, 7) is 1.77. The van der Waals surface area contributed by atoms with E-state index in [0.717, 1.165) is 29.6 Å². The molecule has 0 atom stereocenters. The number of imidazole rings is 1. The lowest BCUT2D eigenvalue weighted by Gasteiger charge is -2.02. The summed E-state index contributed by atoms with van der Waals surface area (Å²) in [5.74, 6) is 0.656. The van der Waals surface area contributed by atoms with E-state index in [1.54, 1.807) is 10.7 Å². The standard InChI is InChI=1S/C12H13BrN6/c13-10-2-3-11-16-12(17-19(11)8-10)15-4-1-6-18-7-5-14-9-18/h2-3,5,7-9H,1,4,6H2,(H,15,17). The van der Waals surface area contributed by atoms with Crippen LogP contribution in [0.5, 0.6) is 0 Å². The van der Waals surface area contributed by atoms with Crippen LogP contribution >= 0.6 is 15.9 Å². The summed E-state index contributed by atoms with van der Waals surface area (Å²) in [5.41, 5.74) is 0.834. The van der Waals surface area contributed by atoms with Gasteiger partial charge in [-0.2, -0.15) is 4.98 Å². The Labute approximate surface area is 118 Å². The highest BCUT2D eigenvalue weighted by Crippen LogP contribution is 2.12. The third-order valence-electron chi connectivity index (χ3n) is 2.73. The van der Waals surface area contributed by atoms with Gasteiger partial charge in [0.2, 0.25) is 5.95 Å². The van der Waals surface area contributed by atoms with Crippen LogP contribution in [0, 0.1) is 0 Å². The van der Waals surface area contributed by atoms with Crippen LogP contribution in [0.1, 0.15) is 6.42 Å². The van der Waals surface area contributed by atoms with Gasteiger partial charge in [0, 0.05) is 36.2 Å². The third kappa shape index (κ3) is 2.93. The molecule has 3 heterocycles. The number of hydrogen-bond acceptors (Lipinski definition) is 4. The van der Waals surface area contributed by atoms with Gasteiger partial charge >= 0.3 is 0 Å². The van der Waals surface area contributed by atoms with E-state index in [4.69, 9.17) is 0 Å². The van der Waals surface area contributed by atoms with Crippen LogP contribution in [0.15, 0.2) is 41.5 Å². The number of pyridine rings is 1. The second kappa shape index (κ2) is 5.40. The van der Waals surface area contributed by atoms with Crippen molar-refractivity contribution in [3.05, 3.63) is 41.5 Å². The number of rotatable bonds is 5. The molecule has 0 amide bonds. The van der Waals surface area contributed by atoms with Gasteiger partial charge < -0.3 is 9.88 Å². The van der Waals surface area contributed by atoms with Gasteiger partial charge in [0.25, 0.3) is 0 Å². The normalized spacial score (nSPS) is 11.0. The molecule has 0 aliphatic carbocycles. The van der Waals surface area contributed by atoms with Crippen LogP contribution in [-0.2, 0) is 6.54 Å². The molecule has 0 aliphatic rings.